The van der Waals surface area contributed by atoms with Crippen molar-refractivity contribution >= 4 is 29.5 Å². The lowest BCUT2D eigenvalue weighted by molar-refractivity contribution is -0.154. The fraction of sp³-hybridized carbons (Fsp3) is 0.550. The van der Waals surface area contributed by atoms with E-state index < -0.39 is 54.3 Å². The number of hydrogen-bond acceptors (Lipinski definition) is 5. The van der Waals surface area contributed by atoms with Gasteiger partial charge in [-0.2, -0.15) is 0 Å². The van der Waals surface area contributed by atoms with E-state index in [0.717, 1.165) is 0 Å². The third-order valence-corrected chi connectivity index (χ3v) is 5.55. The molecule has 1 aliphatic carbocycles. The SMILES string of the molecule is CN(C)C(=O)[C@@H](NC(=O)CNC(=O)C(O)C(NCl)C(F)(F)C1CCC1)c1ccccc1. The number of amides is 3. The summed E-state index contributed by atoms with van der Waals surface area (Å²) in [6.07, 6.45) is -0.972. The van der Waals surface area contributed by atoms with E-state index in [-0.39, 0.29) is 12.8 Å². The van der Waals surface area contributed by atoms with Gasteiger partial charge in [0.15, 0.2) is 6.10 Å². The lowest BCUT2D eigenvalue weighted by Gasteiger charge is -2.38. The number of halogens is 3. The Morgan fingerprint density at radius 2 is 1.84 bits per heavy atom. The minimum absolute atomic E-state index is 0.277. The number of nitrogens with one attached hydrogen (secondary N) is 3. The third-order valence-electron chi connectivity index (χ3n) is 5.32. The molecule has 1 aromatic carbocycles. The number of alkyl halides is 2. The topological polar surface area (TPSA) is 111 Å². The van der Waals surface area contributed by atoms with Gasteiger partial charge in [-0.25, -0.2) is 13.6 Å². The molecule has 1 fully saturated rings. The number of likely N-dealkylation sites (N-methyl/N-ethyl adjacent to an activating group) is 1. The van der Waals surface area contributed by atoms with Crippen LogP contribution in [0.4, 0.5) is 8.78 Å². The predicted molar refractivity (Wildman–Crippen MR) is 110 cm³/mol. The summed E-state index contributed by atoms with van der Waals surface area (Å²) in [7, 11) is 3.06. The molecule has 1 aromatic rings. The number of aliphatic hydroxyl groups excluding tert-OH is 1. The summed E-state index contributed by atoms with van der Waals surface area (Å²) in [5.41, 5.74) is 0.535. The highest BCUT2D eigenvalue weighted by Gasteiger charge is 2.53. The number of aliphatic hydroxyl groups is 1. The summed E-state index contributed by atoms with van der Waals surface area (Å²) in [5, 5.41) is 14.7. The van der Waals surface area contributed by atoms with Gasteiger partial charge >= 0.3 is 0 Å². The van der Waals surface area contributed by atoms with Crippen LogP contribution in [0.3, 0.4) is 0 Å². The molecule has 0 bridgehead atoms. The molecule has 8 nitrogen and oxygen atoms in total. The fourth-order valence-corrected chi connectivity index (χ4v) is 3.48. The molecule has 31 heavy (non-hydrogen) atoms. The number of benzene rings is 1. The highest BCUT2D eigenvalue weighted by molar-refractivity contribution is 6.13. The first-order valence-corrected chi connectivity index (χ1v) is 10.2. The molecular formula is C20H27ClF2N4O4. The van der Waals surface area contributed by atoms with Crippen LogP contribution in [0.15, 0.2) is 30.3 Å². The molecule has 3 atom stereocenters. The van der Waals surface area contributed by atoms with Gasteiger partial charge in [0.25, 0.3) is 11.8 Å². The second kappa shape index (κ2) is 10.8. The van der Waals surface area contributed by atoms with Gasteiger partial charge in [0, 0.05) is 20.0 Å². The van der Waals surface area contributed by atoms with Gasteiger partial charge in [-0.15, -0.1) is 0 Å². The molecule has 0 radical (unpaired) electrons. The van der Waals surface area contributed by atoms with Gasteiger partial charge in [0.2, 0.25) is 11.8 Å². The Balaban J connectivity index is 1.98. The molecule has 1 saturated carbocycles. The second-order valence-corrected chi connectivity index (χ2v) is 7.91. The number of nitrogens with zero attached hydrogens (tertiary/aromatic N) is 1. The molecule has 0 aliphatic heterocycles. The number of hydrogen-bond donors (Lipinski definition) is 4. The monoisotopic (exact) mass is 460 g/mol. The van der Waals surface area contributed by atoms with Crippen LogP contribution in [0.1, 0.15) is 30.9 Å². The van der Waals surface area contributed by atoms with Crippen molar-refractivity contribution in [3.8, 4) is 0 Å². The molecule has 1 aliphatic rings. The highest BCUT2D eigenvalue weighted by atomic mass is 35.5. The van der Waals surface area contributed by atoms with Gasteiger partial charge < -0.3 is 20.6 Å². The van der Waals surface area contributed by atoms with Gasteiger partial charge in [-0.1, -0.05) is 36.8 Å². The van der Waals surface area contributed by atoms with Crippen LogP contribution in [-0.2, 0) is 14.4 Å². The predicted octanol–water partition coefficient (Wildman–Crippen LogP) is 0.957. The number of rotatable bonds is 10. The zero-order valence-electron chi connectivity index (χ0n) is 17.3. The van der Waals surface area contributed by atoms with E-state index in [0.29, 0.717) is 12.0 Å². The molecule has 0 saturated heterocycles. The highest BCUT2D eigenvalue weighted by Crippen LogP contribution is 2.42. The lowest BCUT2D eigenvalue weighted by atomic mass is 9.77. The lowest BCUT2D eigenvalue weighted by Crippen LogP contribution is -2.59. The zero-order valence-corrected chi connectivity index (χ0v) is 18.0. The molecule has 0 spiro atoms. The standard InChI is InChI=1S/C20H27ClF2N4O4/c1-27(2)19(31)15(12-7-4-3-5-8-12)25-14(28)11-24-18(30)16(29)17(26-21)20(22,23)13-9-6-10-13/h3-5,7-8,13,15-17,26,29H,6,9-11H2,1-2H3,(H,24,30)(H,25,28)/t15-,16?,17?/m0/s1. The largest absolute Gasteiger partial charge is 0.381 e. The van der Waals surface area contributed by atoms with E-state index in [4.69, 9.17) is 11.8 Å². The van der Waals surface area contributed by atoms with Crippen molar-refractivity contribution in [1.29, 1.82) is 0 Å². The maximum absolute atomic E-state index is 14.5. The molecule has 2 unspecified atom stereocenters. The molecular weight excluding hydrogens is 434 g/mol. The molecule has 0 heterocycles. The Hall–Kier alpha value is -2.30. The van der Waals surface area contributed by atoms with Gasteiger partial charge in [-0.05, 0) is 30.2 Å². The maximum Gasteiger partial charge on any atom is 0.270 e. The van der Waals surface area contributed by atoms with Crippen molar-refractivity contribution in [3.05, 3.63) is 35.9 Å². The van der Waals surface area contributed by atoms with Crippen LogP contribution in [0.5, 0.6) is 0 Å². The van der Waals surface area contributed by atoms with Crippen LogP contribution in [0.25, 0.3) is 0 Å². The van der Waals surface area contributed by atoms with Crippen LogP contribution in [-0.4, -0.2) is 66.4 Å². The molecule has 11 heteroatoms. The van der Waals surface area contributed by atoms with Crippen molar-refractivity contribution in [3.63, 3.8) is 0 Å². The van der Waals surface area contributed by atoms with E-state index in [9.17, 15) is 28.3 Å². The molecule has 0 aromatic heterocycles. The average molecular weight is 461 g/mol. The maximum atomic E-state index is 14.5. The van der Waals surface area contributed by atoms with Crippen molar-refractivity contribution in [2.75, 3.05) is 20.6 Å². The van der Waals surface area contributed by atoms with Crippen molar-refractivity contribution < 1.29 is 28.3 Å². The molecule has 172 valence electrons. The van der Waals surface area contributed by atoms with Crippen LogP contribution in [0.2, 0.25) is 0 Å². The van der Waals surface area contributed by atoms with E-state index in [2.05, 4.69) is 10.6 Å². The van der Waals surface area contributed by atoms with Crippen molar-refractivity contribution in [1.82, 2.24) is 20.4 Å². The Morgan fingerprint density at radius 1 is 1.23 bits per heavy atom. The van der Waals surface area contributed by atoms with Crippen LogP contribution >= 0.6 is 11.8 Å². The first kappa shape index (κ1) is 25.0. The molecule has 3 amide bonds. The fourth-order valence-electron chi connectivity index (χ4n) is 3.22. The Kier molecular flexibility index (Phi) is 8.72. The number of carbonyl (C=O) groups excluding carboxylic acids is 3. The Morgan fingerprint density at radius 3 is 2.32 bits per heavy atom. The van der Waals surface area contributed by atoms with E-state index in [1.807, 2.05) is 0 Å². The van der Waals surface area contributed by atoms with E-state index in [1.54, 1.807) is 35.2 Å². The van der Waals surface area contributed by atoms with Crippen molar-refractivity contribution in [2.45, 2.75) is 43.4 Å². The van der Waals surface area contributed by atoms with Gasteiger partial charge in [0.1, 0.15) is 12.1 Å². The van der Waals surface area contributed by atoms with Gasteiger partial charge in [0.05, 0.1) is 6.54 Å². The average Bonchev–Trinajstić information content (AvgIpc) is 2.68. The van der Waals surface area contributed by atoms with E-state index in [1.165, 1.54) is 19.0 Å². The second-order valence-electron chi connectivity index (χ2n) is 7.70. The first-order valence-electron chi connectivity index (χ1n) is 9.84. The molecule has 4 N–H and O–H groups in total. The summed E-state index contributed by atoms with van der Waals surface area (Å²) >= 11 is 5.39. The zero-order chi connectivity index (χ0) is 23.2. The summed E-state index contributed by atoms with van der Waals surface area (Å²) in [6.45, 7) is -0.621. The minimum atomic E-state index is -3.39. The van der Waals surface area contributed by atoms with Gasteiger partial charge in [-0.3, -0.25) is 14.4 Å². The quantitative estimate of drug-likeness (QED) is 0.389. The van der Waals surface area contributed by atoms with Crippen molar-refractivity contribution in [2.24, 2.45) is 5.92 Å². The summed E-state index contributed by atoms with van der Waals surface area (Å²) in [5.74, 6) is -6.67. The Bertz CT molecular complexity index is 778. The summed E-state index contributed by atoms with van der Waals surface area (Å²) in [4.78, 5) is 40.0. The van der Waals surface area contributed by atoms with E-state index >= 15 is 0 Å². The van der Waals surface area contributed by atoms with Crippen LogP contribution in [0, 0.1) is 5.92 Å². The third kappa shape index (κ3) is 6.11. The van der Waals surface area contributed by atoms with Crippen LogP contribution < -0.4 is 15.5 Å². The summed E-state index contributed by atoms with van der Waals surface area (Å²) in [6, 6.07) is 5.49. The Labute approximate surface area is 184 Å². The minimum Gasteiger partial charge on any atom is -0.381 e. The molecule has 2 rings (SSSR count). The smallest absolute Gasteiger partial charge is 0.270 e. The summed E-state index contributed by atoms with van der Waals surface area (Å²) < 4.78 is 28.9. The number of carbonyl (C=O) groups is 3. The normalized spacial score (nSPS) is 17.1. The first-order chi connectivity index (χ1) is 14.6.